The van der Waals surface area contributed by atoms with Crippen LogP contribution in [-0.4, -0.2) is 4.57 Å². The van der Waals surface area contributed by atoms with Gasteiger partial charge in [0.25, 0.3) is 0 Å². The molecule has 0 saturated heterocycles. The number of rotatable bonds is 7. The van der Waals surface area contributed by atoms with Crippen LogP contribution >= 0.6 is 0 Å². The smallest absolute Gasteiger partial charge is 0.143 e. The molecule has 11 aromatic carbocycles. The van der Waals surface area contributed by atoms with Gasteiger partial charge in [0, 0.05) is 55.2 Å². The molecule has 0 aliphatic rings. The van der Waals surface area contributed by atoms with Gasteiger partial charge in [-0.25, -0.2) is 0 Å². The standard InChI is InChI=1S/C62H40N2O/c1-2-13-46-39-48(24-23-41(46)11-1)43-27-34-50(35-28-43)63(51-36-29-45(30-37-51)54-19-10-20-57-58-38-31-44-12-3-4-16-53(44)62(58)65-61(54)57)49-32-25-42(26-33-49)47-14-9-15-52(40-47)64-59-21-7-5-17-55(59)56-18-6-8-22-60(56)64/h1-40H. The third kappa shape index (κ3) is 6.20. The molecule has 0 bridgehead atoms. The first-order chi connectivity index (χ1) is 32.2. The van der Waals surface area contributed by atoms with Gasteiger partial charge >= 0.3 is 0 Å². The largest absolute Gasteiger partial charge is 0.455 e. The first kappa shape index (κ1) is 36.9. The highest BCUT2D eigenvalue weighted by atomic mass is 16.3. The van der Waals surface area contributed by atoms with Crippen LogP contribution in [0.1, 0.15) is 0 Å². The van der Waals surface area contributed by atoms with Gasteiger partial charge in [-0.3, -0.25) is 0 Å². The van der Waals surface area contributed by atoms with E-state index >= 15 is 0 Å². The van der Waals surface area contributed by atoms with Gasteiger partial charge in [0.1, 0.15) is 11.2 Å². The minimum atomic E-state index is 0.908. The summed E-state index contributed by atoms with van der Waals surface area (Å²) < 4.78 is 9.12. The zero-order valence-corrected chi connectivity index (χ0v) is 35.4. The number of aromatic nitrogens is 1. The Hall–Kier alpha value is -8.66. The van der Waals surface area contributed by atoms with E-state index in [9.17, 15) is 0 Å². The topological polar surface area (TPSA) is 21.3 Å². The monoisotopic (exact) mass is 828 g/mol. The lowest BCUT2D eigenvalue weighted by atomic mass is 10.00. The Morgan fingerprint density at radius 2 is 0.785 bits per heavy atom. The van der Waals surface area contributed by atoms with Gasteiger partial charge in [-0.1, -0.05) is 170 Å². The van der Waals surface area contributed by atoms with E-state index in [1.807, 2.05) is 0 Å². The molecule has 13 rings (SSSR count). The Bertz CT molecular complexity index is 3880. The van der Waals surface area contributed by atoms with Crippen molar-refractivity contribution in [1.29, 1.82) is 0 Å². The summed E-state index contributed by atoms with van der Waals surface area (Å²) in [4.78, 5) is 2.35. The molecule has 0 radical (unpaired) electrons. The average Bonchev–Trinajstić information content (AvgIpc) is 3.94. The van der Waals surface area contributed by atoms with Gasteiger partial charge in [0.05, 0.1) is 11.0 Å². The second-order valence-electron chi connectivity index (χ2n) is 16.9. The SMILES string of the molecule is c1cc(-c2ccc(N(c3ccc(-c4ccc5ccccc5c4)cc3)c3ccc(-c4cccc5c4oc4c6ccccc6ccc54)cc3)cc2)cc(-n2c3ccccc3c3ccccc32)c1. The van der Waals surface area contributed by atoms with Crippen LogP contribution in [0, 0.1) is 0 Å². The quantitative estimate of drug-likeness (QED) is 0.160. The number of para-hydroxylation sites is 3. The molecule has 13 aromatic rings. The highest BCUT2D eigenvalue weighted by Gasteiger charge is 2.18. The van der Waals surface area contributed by atoms with E-state index in [4.69, 9.17) is 4.42 Å². The van der Waals surface area contributed by atoms with E-state index in [1.54, 1.807) is 0 Å². The molecule has 0 amide bonds. The molecule has 0 atom stereocenters. The van der Waals surface area contributed by atoms with Crippen LogP contribution < -0.4 is 4.90 Å². The first-order valence-electron chi connectivity index (χ1n) is 22.2. The zero-order chi connectivity index (χ0) is 42.8. The van der Waals surface area contributed by atoms with Crippen molar-refractivity contribution in [2.24, 2.45) is 0 Å². The van der Waals surface area contributed by atoms with Crippen molar-refractivity contribution in [1.82, 2.24) is 4.57 Å². The van der Waals surface area contributed by atoms with Gasteiger partial charge in [-0.05, 0) is 117 Å². The fraction of sp³-hybridized carbons (Fsp3) is 0. The summed E-state index contributed by atoms with van der Waals surface area (Å²) in [6.07, 6.45) is 0. The van der Waals surface area contributed by atoms with Crippen LogP contribution in [0.15, 0.2) is 247 Å². The molecule has 2 aromatic heterocycles. The van der Waals surface area contributed by atoms with Crippen LogP contribution in [0.2, 0.25) is 0 Å². The van der Waals surface area contributed by atoms with E-state index < -0.39 is 0 Å². The fourth-order valence-electron chi connectivity index (χ4n) is 9.99. The van der Waals surface area contributed by atoms with Gasteiger partial charge in [-0.2, -0.15) is 0 Å². The molecule has 304 valence electrons. The van der Waals surface area contributed by atoms with Crippen LogP contribution in [0.3, 0.4) is 0 Å². The van der Waals surface area contributed by atoms with E-state index in [0.29, 0.717) is 0 Å². The van der Waals surface area contributed by atoms with E-state index in [1.165, 1.54) is 54.7 Å². The van der Waals surface area contributed by atoms with Crippen molar-refractivity contribution in [3.63, 3.8) is 0 Å². The predicted octanol–water partition coefficient (Wildman–Crippen LogP) is 17.5. The molecule has 0 aliphatic heterocycles. The normalized spacial score (nSPS) is 11.7. The molecule has 0 spiro atoms. The minimum Gasteiger partial charge on any atom is -0.455 e. The van der Waals surface area contributed by atoms with Crippen molar-refractivity contribution in [2.75, 3.05) is 4.90 Å². The number of nitrogens with zero attached hydrogens (tertiary/aromatic N) is 2. The molecule has 2 heterocycles. The Balaban J connectivity index is 0.886. The number of hydrogen-bond donors (Lipinski definition) is 0. The third-order valence-electron chi connectivity index (χ3n) is 13.2. The highest BCUT2D eigenvalue weighted by molar-refractivity contribution is 6.17. The van der Waals surface area contributed by atoms with Crippen LogP contribution in [-0.2, 0) is 0 Å². The van der Waals surface area contributed by atoms with Crippen molar-refractivity contribution < 1.29 is 4.42 Å². The summed E-state index contributed by atoms with van der Waals surface area (Å²) >= 11 is 0. The molecular weight excluding hydrogens is 789 g/mol. The molecule has 0 fully saturated rings. The van der Waals surface area contributed by atoms with E-state index in [-0.39, 0.29) is 0 Å². The van der Waals surface area contributed by atoms with Crippen LogP contribution in [0.4, 0.5) is 17.1 Å². The molecule has 0 saturated carbocycles. The average molecular weight is 829 g/mol. The van der Waals surface area contributed by atoms with Gasteiger partial charge < -0.3 is 13.9 Å². The molecule has 3 nitrogen and oxygen atoms in total. The summed E-state index contributed by atoms with van der Waals surface area (Å²) in [5.74, 6) is 0. The maximum atomic E-state index is 6.74. The molecule has 0 N–H and O–H groups in total. The number of anilines is 3. The number of hydrogen-bond acceptors (Lipinski definition) is 2. The van der Waals surface area contributed by atoms with Gasteiger partial charge in [0.2, 0.25) is 0 Å². The van der Waals surface area contributed by atoms with E-state index in [2.05, 4.69) is 252 Å². The number of fused-ring (bicyclic) bond motifs is 9. The van der Waals surface area contributed by atoms with Crippen LogP contribution in [0.5, 0.6) is 0 Å². The Kier molecular flexibility index (Phi) is 8.53. The summed E-state index contributed by atoms with van der Waals surface area (Å²) in [5, 5.41) is 9.58. The molecule has 65 heavy (non-hydrogen) atoms. The second-order valence-corrected chi connectivity index (χ2v) is 16.9. The Labute approximate surface area is 376 Å². The lowest BCUT2D eigenvalue weighted by Gasteiger charge is -2.26. The Morgan fingerprint density at radius 3 is 1.46 bits per heavy atom. The fourth-order valence-corrected chi connectivity index (χ4v) is 9.99. The second kappa shape index (κ2) is 15.0. The maximum absolute atomic E-state index is 6.74. The number of benzene rings is 11. The van der Waals surface area contributed by atoms with Gasteiger partial charge in [-0.15, -0.1) is 0 Å². The molecule has 0 unspecified atom stereocenters. The third-order valence-corrected chi connectivity index (χ3v) is 13.2. The summed E-state index contributed by atoms with van der Waals surface area (Å²) in [6.45, 7) is 0. The lowest BCUT2D eigenvalue weighted by Crippen LogP contribution is -2.09. The van der Waals surface area contributed by atoms with Crippen molar-refractivity contribution in [3.8, 4) is 39.1 Å². The van der Waals surface area contributed by atoms with Gasteiger partial charge in [0.15, 0.2) is 0 Å². The van der Waals surface area contributed by atoms with Crippen molar-refractivity contribution >= 4 is 82.4 Å². The lowest BCUT2D eigenvalue weighted by molar-refractivity contribution is 0.674. The minimum absolute atomic E-state index is 0.908. The van der Waals surface area contributed by atoms with Crippen molar-refractivity contribution in [3.05, 3.63) is 243 Å². The molecule has 3 heteroatoms. The van der Waals surface area contributed by atoms with Crippen molar-refractivity contribution in [2.45, 2.75) is 0 Å². The Morgan fingerprint density at radius 1 is 0.292 bits per heavy atom. The van der Waals surface area contributed by atoms with Crippen LogP contribution in [0.25, 0.3) is 104 Å². The molecule has 0 aliphatic carbocycles. The highest BCUT2D eigenvalue weighted by Crippen LogP contribution is 2.42. The molecular formula is C62H40N2O. The predicted molar refractivity (Wildman–Crippen MR) is 274 cm³/mol. The summed E-state index contributed by atoms with van der Waals surface area (Å²) in [5.41, 5.74) is 15.5. The number of furan rings is 1. The summed E-state index contributed by atoms with van der Waals surface area (Å²) in [6, 6.07) is 87.6. The first-order valence-corrected chi connectivity index (χ1v) is 22.2. The zero-order valence-electron chi connectivity index (χ0n) is 35.4. The van der Waals surface area contributed by atoms with E-state index in [0.717, 1.165) is 66.8 Å². The maximum Gasteiger partial charge on any atom is 0.143 e. The summed E-state index contributed by atoms with van der Waals surface area (Å²) in [7, 11) is 0.